The first kappa shape index (κ1) is 14.4. The molecule has 1 amide bonds. The number of anilines is 1. The fourth-order valence-corrected chi connectivity index (χ4v) is 1.39. The Balaban J connectivity index is 2.57. The summed E-state index contributed by atoms with van der Waals surface area (Å²) in [5.41, 5.74) is 1.28. The molecule has 1 heterocycles. The highest BCUT2D eigenvalue weighted by Crippen LogP contribution is 2.13. The lowest BCUT2D eigenvalue weighted by atomic mass is 10.1. The van der Waals surface area contributed by atoms with E-state index >= 15 is 0 Å². The third kappa shape index (κ3) is 5.14. The molecule has 5 heteroatoms. The van der Waals surface area contributed by atoms with Crippen LogP contribution < -0.4 is 10.6 Å². The molecule has 0 aliphatic heterocycles. The number of nitrogens with zero attached hydrogens (tertiary/aromatic N) is 1. The Morgan fingerprint density at radius 1 is 1.39 bits per heavy atom. The van der Waals surface area contributed by atoms with E-state index in [1.807, 2.05) is 6.07 Å². The van der Waals surface area contributed by atoms with E-state index in [1.54, 1.807) is 19.4 Å². The van der Waals surface area contributed by atoms with Gasteiger partial charge < -0.3 is 15.4 Å². The number of amides is 1. The summed E-state index contributed by atoms with van der Waals surface area (Å²) in [6, 6.07) is 3.56. The number of carbonyl (C=O) groups is 1. The molecule has 1 aromatic rings. The van der Waals surface area contributed by atoms with E-state index in [0.717, 1.165) is 5.69 Å². The smallest absolute Gasteiger partial charge is 0.269 e. The second-order valence-corrected chi connectivity index (χ2v) is 5.06. The van der Waals surface area contributed by atoms with Crippen LogP contribution in [0, 0.1) is 0 Å². The van der Waals surface area contributed by atoms with Crippen LogP contribution in [0.2, 0.25) is 0 Å². The summed E-state index contributed by atoms with van der Waals surface area (Å²) in [6.07, 6.45) is 1.66. The lowest BCUT2D eigenvalue weighted by molar-refractivity contribution is 0.0932. The summed E-state index contributed by atoms with van der Waals surface area (Å²) < 4.78 is 4.86. The van der Waals surface area contributed by atoms with Gasteiger partial charge in [-0.2, -0.15) is 0 Å². The maximum Gasteiger partial charge on any atom is 0.269 e. The summed E-state index contributed by atoms with van der Waals surface area (Å²) >= 11 is 0. The molecule has 0 unspecified atom stereocenters. The summed E-state index contributed by atoms with van der Waals surface area (Å²) in [4.78, 5) is 15.8. The van der Waals surface area contributed by atoms with Crippen LogP contribution in [0.3, 0.4) is 0 Å². The average molecular weight is 251 g/mol. The fourth-order valence-electron chi connectivity index (χ4n) is 1.39. The standard InChI is InChI=1S/C13H21N3O2/c1-13(2,3)16-10-5-6-11(15-9-10)12(17)14-7-8-18-4/h5-6,9,16H,7-8H2,1-4H3,(H,14,17). The zero-order chi connectivity index (χ0) is 13.6. The second-order valence-electron chi connectivity index (χ2n) is 5.06. The number of carbonyl (C=O) groups excluding carboxylic acids is 1. The van der Waals surface area contributed by atoms with Gasteiger partial charge in [0, 0.05) is 19.2 Å². The van der Waals surface area contributed by atoms with Crippen molar-refractivity contribution in [2.45, 2.75) is 26.3 Å². The maximum absolute atomic E-state index is 11.7. The average Bonchev–Trinajstić information content (AvgIpc) is 2.28. The molecular formula is C13H21N3O2. The molecule has 0 radical (unpaired) electrons. The maximum atomic E-state index is 11.7. The molecule has 2 N–H and O–H groups in total. The number of pyridine rings is 1. The first-order valence-electron chi connectivity index (χ1n) is 5.94. The van der Waals surface area contributed by atoms with E-state index in [-0.39, 0.29) is 11.4 Å². The largest absolute Gasteiger partial charge is 0.383 e. The van der Waals surface area contributed by atoms with Crippen LogP contribution in [0.5, 0.6) is 0 Å². The van der Waals surface area contributed by atoms with E-state index in [1.165, 1.54) is 0 Å². The van der Waals surface area contributed by atoms with Crippen LogP contribution in [0.25, 0.3) is 0 Å². The Labute approximate surface area is 108 Å². The van der Waals surface area contributed by atoms with Gasteiger partial charge in [-0.3, -0.25) is 4.79 Å². The van der Waals surface area contributed by atoms with E-state index in [0.29, 0.717) is 18.8 Å². The van der Waals surface area contributed by atoms with Gasteiger partial charge >= 0.3 is 0 Å². The molecule has 1 rings (SSSR count). The number of rotatable bonds is 5. The predicted octanol–water partition coefficient (Wildman–Crippen LogP) is 1.67. The summed E-state index contributed by atoms with van der Waals surface area (Å²) in [5, 5.41) is 6.01. The van der Waals surface area contributed by atoms with Gasteiger partial charge in [-0.05, 0) is 32.9 Å². The van der Waals surface area contributed by atoms with Crippen molar-refractivity contribution in [1.82, 2.24) is 10.3 Å². The van der Waals surface area contributed by atoms with Crippen LogP contribution in [-0.4, -0.2) is 36.7 Å². The highest BCUT2D eigenvalue weighted by atomic mass is 16.5. The van der Waals surface area contributed by atoms with Crippen LogP contribution in [0.4, 0.5) is 5.69 Å². The second kappa shape index (κ2) is 6.35. The normalized spacial score (nSPS) is 11.1. The van der Waals surface area contributed by atoms with Crippen molar-refractivity contribution < 1.29 is 9.53 Å². The molecule has 5 nitrogen and oxygen atoms in total. The van der Waals surface area contributed by atoms with Crippen molar-refractivity contribution in [3.05, 3.63) is 24.0 Å². The molecular weight excluding hydrogens is 230 g/mol. The molecule has 0 aliphatic rings. The summed E-state index contributed by atoms with van der Waals surface area (Å²) in [7, 11) is 1.59. The molecule has 18 heavy (non-hydrogen) atoms. The van der Waals surface area contributed by atoms with Crippen molar-refractivity contribution in [3.8, 4) is 0 Å². The molecule has 0 aromatic carbocycles. The first-order valence-corrected chi connectivity index (χ1v) is 5.94. The van der Waals surface area contributed by atoms with Crippen molar-refractivity contribution >= 4 is 11.6 Å². The SMILES string of the molecule is COCCNC(=O)c1ccc(NC(C)(C)C)cn1. The van der Waals surface area contributed by atoms with Gasteiger partial charge in [-0.15, -0.1) is 0 Å². The summed E-state index contributed by atoms with van der Waals surface area (Å²) in [5.74, 6) is -0.186. The van der Waals surface area contributed by atoms with E-state index < -0.39 is 0 Å². The third-order valence-corrected chi connectivity index (χ3v) is 2.11. The Bertz CT molecular complexity index is 382. The molecule has 0 saturated heterocycles. The van der Waals surface area contributed by atoms with Gasteiger partial charge in [0.2, 0.25) is 0 Å². The molecule has 0 saturated carbocycles. The topological polar surface area (TPSA) is 63.2 Å². The quantitative estimate of drug-likeness (QED) is 0.781. The Hall–Kier alpha value is -1.62. The minimum atomic E-state index is -0.186. The third-order valence-electron chi connectivity index (χ3n) is 2.11. The summed E-state index contributed by atoms with van der Waals surface area (Å²) in [6.45, 7) is 7.18. The predicted molar refractivity (Wildman–Crippen MR) is 71.8 cm³/mol. The van der Waals surface area contributed by atoms with E-state index in [9.17, 15) is 4.79 Å². The van der Waals surface area contributed by atoms with Gasteiger partial charge in [0.1, 0.15) is 5.69 Å². The fraction of sp³-hybridized carbons (Fsp3) is 0.538. The molecule has 0 spiro atoms. The molecule has 0 bridgehead atoms. The minimum Gasteiger partial charge on any atom is -0.383 e. The van der Waals surface area contributed by atoms with Crippen molar-refractivity contribution in [1.29, 1.82) is 0 Å². The van der Waals surface area contributed by atoms with Gasteiger partial charge in [0.05, 0.1) is 18.5 Å². The van der Waals surface area contributed by atoms with Gasteiger partial charge in [-0.25, -0.2) is 4.98 Å². The Kier molecular flexibility index (Phi) is 5.09. The Morgan fingerprint density at radius 2 is 2.11 bits per heavy atom. The van der Waals surface area contributed by atoms with Crippen LogP contribution >= 0.6 is 0 Å². The highest BCUT2D eigenvalue weighted by Gasteiger charge is 2.10. The number of methoxy groups -OCH3 is 1. The number of nitrogens with one attached hydrogen (secondary N) is 2. The van der Waals surface area contributed by atoms with Crippen LogP contribution in [-0.2, 0) is 4.74 Å². The zero-order valence-corrected chi connectivity index (χ0v) is 11.4. The number of hydrogen-bond donors (Lipinski definition) is 2. The minimum absolute atomic E-state index is 0.0239. The van der Waals surface area contributed by atoms with E-state index in [4.69, 9.17) is 4.74 Å². The van der Waals surface area contributed by atoms with Gasteiger partial charge in [0.25, 0.3) is 5.91 Å². The molecule has 0 atom stereocenters. The lowest BCUT2D eigenvalue weighted by Gasteiger charge is -2.21. The molecule has 1 aromatic heterocycles. The van der Waals surface area contributed by atoms with Crippen molar-refractivity contribution in [2.75, 3.05) is 25.6 Å². The number of aromatic nitrogens is 1. The first-order chi connectivity index (χ1) is 8.42. The van der Waals surface area contributed by atoms with E-state index in [2.05, 4.69) is 36.4 Å². The molecule has 100 valence electrons. The molecule has 0 fully saturated rings. The monoisotopic (exact) mass is 251 g/mol. The molecule has 0 aliphatic carbocycles. The van der Waals surface area contributed by atoms with Crippen LogP contribution in [0.15, 0.2) is 18.3 Å². The van der Waals surface area contributed by atoms with Gasteiger partial charge in [-0.1, -0.05) is 0 Å². The van der Waals surface area contributed by atoms with Crippen LogP contribution in [0.1, 0.15) is 31.3 Å². The van der Waals surface area contributed by atoms with Crippen molar-refractivity contribution in [3.63, 3.8) is 0 Å². The van der Waals surface area contributed by atoms with Gasteiger partial charge in [0.15, 0.2) is 0 Å². The number of hydrogen-bond acceptors (Lipinski definition) is 4. The highest BCUT2D eigenvalue weighted by molar-refractivity contribution is 5.92. The lowest BCUT2D eigenvalue weighted by Crippen LogP contribution is -2.28. The van der Waals surface area contributed by atoms with Crippen molar-refractivity contribution in [2.24, 2.45) is 0 Å². The zero-order valence-electron chi connectivity index (χ0n) is 11.4. The number of ether oxygens (including phenoxy) is 1. The Morgan fingerprint density at radius 3 is 2.61 bits per heavy atom.